The van der Waals surface area contributed by atoms with E-state index >= 15 is 0 Å². The second-order valence-electron chi connectivity index (χ2n) is 9.08. The van der Waals surface area contributed by atoms with E-state index in [2.05, 4.69) is 5.32 Å². The quantitative estimate of drug-likeness (QED) is 0.371. The molecule has 9 nitrogen and oxygen atoms in total. The Bertz CT molecular complexity index is 1490. The molecule has 3 aromatic carbocycles. The van der Waals surface area contributed by atoms with Crippen LogP contribution in [0.2, 0.25) is 0 Å². The number of barbiturate groups is 1. The van der Waals surface area contributed by atoms with Gasteiger partial charge in [-0.1, -0.05) is 30.3 Å². The molecule has 1 saturated heterocycles. The van der Waals surface area contributed by atoms with Crippen LogP contribution in [0.5, 0.6) is 11.5 Å². The van der Waals surface area contributed by atoms with E-state index < -0.39 is 23.7 Å². The first-order valence-electron chi connectivity index (χ1n) is 12.2. The molecule has 5 amide bonds. The molecular formula is C29H24FN3O6. The van der Waals surface area contributed by atoms with Gasteiger partial charge in [-0.3, -0.25) is 24.6 Å². The Hall–Kier alpha value is -4.99. The summed E-state index contributed by atoms with van der Waals surface area (Å²) in [5.41, 5.74) is 2.05. The summed E-state index contributed by atoms with van der Waals surface area (Å²) in [5, 5.41) is 2.19. The zero-order chi connectivity index (χ0) is 27.5. The van der Waals surface area contributed by atoms with Crippen molar-refractivity contribution in [1.29, 1.82) is 0 Å². The minimum Gasteiger partial charge on any atom is -0.454 e. The number of halogens is 1. The van der Waals surface area contributed by atoms with Crippen molar-refractivity contribution in [3.63, 3.8) is 0 Å². The van der Waals surface area contributed by atoms with Crippen molar-refractivity contribution in [2.45, 2.75) is 13.0 Å². The Morgan fingerprint density at radius 3 is 2.44 bits per heavy atom. The molecule has 0 radical (unpaired) electrons. The van der Waals surface area contributed by atoms with E-state index in [0.29, 0.717) is 46.7 Å². The predicted octanol–water partition coefficient (Wildman–Crippen LogP) is 3.53. The summed E-state index contributed by atoms with van der Waals surface area (Å²) in [6.07, 6.45) is 1.79. The summed E-state index contributed by atoms with van der Waals surface area (Å²) in [6.45, 7) is 0.232. The number of carbonyl (C=O) groups excluding carboxylic acids is 4. The number of carbonyl (C=O) groups is 4. The van der Waals surface area contributed by atoms with Gasteiger partial charge in [-0.2, -0.15) is 0 Å². The van der Waals surface area contributed by atoms with E-state index in [1.165, 1.54) is 30.3 Å². The third kappa shape index (κ3) is 5.49. The molecule has 3 aromatic rings. The van der Waals surface area contributed by atoms with Crippen LogP contribution in [0.25, 0.3) is 6.08 Å². The van der Waals surface area contributed by atoms with Crippen molar-refractivity contribution in [1.82, 2.24) is 15.1 Å². The van der Waals surface area contributed by atoms with Gasteiger partial charge < -0.3 is 14.4 Å². The predicted molar refractivity (Wildman–Crippen MR) is 138 cm³/mol. The van der Waals surface area contributed by atoms with Crippen LogP contribution in [0.4, 0.5) is 9.18 Å². The average Bonchev–Trinajstić information content (AvgIpc) is 3.40. The van der Waals surface area contributed by atoms with E-state index in [1.807, 2.05) is 6.07 Å². The van der Waals surface area contributed by atoms with Crippen molar-refractivity contribution in [2.75, 3.05) is 20.4 Å². The molecule has 2 aliphatic heterocycles. The number of benzene rings is 3. The first-order valence-corrected chi connectivity index (χ1v) is 12.2. The largest absolute Gasteiger partial charge is 0.454 e. The fourth-order valence-electron chi connectivity index (χ4n) is 4.31. The van der Waals surface area contributed by atoms with Crippen LogP contribution < -0.4 is 14.8 Å². The van der Waals surface area contributed by atoms with Gasteiger partial charge in [-0.25, -0.2) is 9.18 Å². The Balaban J connectivity index is 1.41. The number of likely N-dealkylation sites (N-methyl/N-ethyl adjacent to an activating group) is 1. The Morgan fingerprint density at radius 2 is 1.72 bits per heavy atom. The summed E-state index contributed by atoms with van der Waals surface area (Å²) in [7, 11) is 1.69. The van der Waals surface area contributed by atoms with E-state index in [-0.39, 0.29) is 24.8 Å². The highest BCUT2D eigenvalue weighted by Gasteiger charge is 2.36. The van der Waals surface area contributed by atoms with E-state index in [4.69, 9.17) is 9.47 Å². The molecule has 198 valence electrons. The first-order chi connectivity index (χ1) is 18.8. The van der Waals surface area contributed by atoms with E-state index in [9.17, 15) is 23.6 Å². The molecular weight excluding hydrogens is 505 g/mol. The van der Waals surface area contributed by atoms with Gasteiger partial charge in [0.15, 0.2) is 11.5 Å². The lowest BCUT2D eigenvalue weighted by Gasteiger charge is -2.26. The zero-order valence-electron chi connectivity index (χ0n) is 21.0. The minimum absolute atomic E-state index is 0.0283. The number of hydrogen-bond acceptors (Lipinski definition) is 6. The monoisotopic (exact) mass is 529 g/mol. The number of imide groups is 2. The third-order valence-electron chi connectivity index (χ3n) is 6.46. The molecule has 2 heterocycles. The highest BCUT2D eigenvalue weighted by molar-refractivity contribution is 6.31. The number of nitrogens with zero attached hydrogens (tertiary/aromatic N) is 2. The molecule has 1 N–H and O–H groups in total. The number of ether oxygens (including phenoxy) is 2. The molecule has 5 rings (SSSR count). The number of fused-ring (bicyclic) bond motifs is 1. The molecule has 0 unspecified atom stereocenters. The molecule has 0 aliphatic carbocycles. The van der Waals surface area contributed by atoms with Gasteiger partial charge in [0.25, 0.3) is 17.7 Å². The Morgan fingerprint density at radius 1 is 1.03 bits per heavy atom. The topological polar surface area (TPSA) is 105 Å². The summed E-state index contributed by atoms with van der Waals surface area (Å²) in [4.78, 5) is 53.7. The van der Waals surface area contributed by atoms with Gasteiger partial charge in [-0.05, 0) is 65.6 Å². The molecule has 0 spiro atoms. The Kier molecular flexibility index (Phi) is 7.09. The van der Waals surface area contributed by atoms with E-state index in [1.54, 1.807) is 48.3 Å². The van der Waals surface area contributed by atoms with Crippen LogP contribution in [-0.4, -0.2) is 53.9 Å². The number of urea groups is 1. The fourth-order valence-corrected chi connectivity index (χ4v) is 4.31. The maximum Gasteiger partial charge on any atom is 0.331 e. The lowest BCUT2D eigenvalue weighted by Crippen LogP contribution is -2.53. The van der Waals surface area contributed by atoms with Crippen molar-refractivity contribution < 1.29 is 33.0 Å². The summed E-state index contributed by atoms with van der Waals surface area (Å²) < 4.78 is 24.3. The Labute approximate surface area is 223 Å². The van der Waals surface area contributed by atoms with Crippen molar-refractivity contribution in [3.8, 4) is 11.5 Å². The van der Waals surface area contributed by atoms with Crippen LogP contribution in [-0.2, 0) is 22.6 Å². The van der Waals surface area contributed by atoms with Crippen LogP contribution in [0.15, 0.2) is 72.3 Å². The van der Waals surface area contributed by atoms with Gasteiger partial charge >= 0.3 is 6.03 Å². The van der Waals surface area contributed by atoms with Gasteiger partial charge in [0, 0.05) is 19.2 Å². The molecule has 1 fully saturated rings. The number of nitrogens with one attached hydrogen (secondary N) is 1. The number of hydrogen-bond donors (Lipinski definition) is 1. The average molecular weight is 530 g/mol. The van der Waals surface area contributed by atoms with Gasteiger partial charge in [0.2, 0.25) is 6.79 Å². The zero-order valence-corrected chi connectivity index (χ0v) is 21.0. The van der Waals surface area contributed by atoms with Crippen LogP contribution in [0.1, 0.15) is 27.0 Å². The normalized spacial score (nSPS) is 15.5. The molecule has 0 bridgehead atoms. The smallest absolute Gasteiger partial charge is 0.331 e. The fraction of sp³-hybridized carbons (Fsp3) is 0.172. The molecule has 0 atom stereocenters. The summed E-state index contributed by atoms with van der Waals surface area (Å²) >= 11 is 0. The molecule has 0 aromatic heterocycles. The van der Waals surface area contributed by atoms with Crippen LogP contribution >= 0.6 is 0 Å². The summed E-state index contributed by atoms with van der Waals surface area (Å²) in [5.74, 6) is -1.25. The molecule has 39 heavy (non-hydrogen) atoms. The first kappa shape index (κ1) is 25.7. The van der Waals surface area contributed by atoms with Crippen LogP contribution in [0.3, 0.4) is 0 Å². The van der Waals surface area contributed by atoms with Crippen molar-refractivity contribution in [2.24, 2.45) is 0 Å². The minimum atomic E-state index is -0.863. The highest BCUT2D eigenvalue weighted by atomic mass is 19.1. The SMILES string of the molecule is CN(CCc1cc2c(cc1/C=C1/C(=O)NC(=O)N(Cc3ccc(F)cc3)C1=O)OCO2)C(=O)c1ccccc1. The number of amides is 5. The molecule has 10 heteroatoms. The maximum absolute atomic E-state index is 13.3. The van der Waals surface area contributed by atoms with Crippen molar-refractivity contribution in [3.05, 3.63) is 100 Å². The van der Waals surface area contributed by atoms with Gasteiger partial charge in [0.05, 0.1) is 6.54 Å². The second-order valence-corrected chi connectivity index (χ2v) is 9.08. The summed E-state index contributed by atoms with van der Waals surface area (Å²) in [6, 6.07) is 16.8. The van der Waals surface area contributed by atoms with Gasteiger partial charge in [0.1, 0.15) is 11.4 Å². The van der Waals surface area contributed by atoms with Crippen LogP contribution in [0, 0.1) is 5.82 Å². The lowest BCUT2D eigenvalue weighted by molar-refractivity contribution is -0.130. The molecule has 2 aliphatic rings. The van der Waals surface area contributed by atoms with E-state index in [0.717, 1.165) is 4.90 Å². The van der Waals surface area contributed by atoms with Crippen molar-refractivity contribution >= 4 is 29.8 Å². The third-order valence-corrected chi connectivity index (χ3v) is 6.46. The molecule has 0 saturated carbocycles. The standard InChI is InChI=1S/C29H24FN3O6/c1-32(27(35)19-5-3-2-4-6-19)12-11-20-14-24-25(39-17-38-24)15-21(20)13-23-26(34)31-29(37)33(28(23)36)16-18-7-9-22(30)10-8-18/h2-10,13-15H,11-12,16-17H2,1H3,(H,31,34,37)/b23-13-. The van der Waals surface area contributed by atoms with Gasteiger partial charge in [-0.15, -0.1) is 0 Å². The number of rotatable bonds is 7. The second kappa shape index (κ2) is 10.8. The highest BCUT2D eigenvalue weighted by Crippen LogP contribution is 2.36. The maximum atomic E-state index is 13.3. The lowest BCUT2D eigenvalue weighted by atomic mass is 9.99.